The van der Waals surface area contributed by atoms with Crippen LogP contribution in [0.2, 0.25) is 0 Å². The van der Waals surface area contributed by atoms with Crippen molar-refractivity contribution in [1.82, 2.24) is 9.62 Å². The normalized spacial score (nSPS) is 21.7. The molecule has 0 radical (unpaired) electrons. The molecule has 1 N–H and O–H groups in total. The minimum atomic E-state index is -4.57. The third-order valence-corrected chi connectivity index (χ3v) is 6.43. The van der Waals surface area contributed by atoms with Crippen LogP contribution in [0.3, 0.4) is 0 Å². The Morgan fingerprint density at radius 3 is 2.44 bits per heavy atom. The van der Waals surface area contributed by atoms with Crippen LogP contribution < -0.4 is 4.72 Å². The third kappa shape index (κ3) is 3.99. The molecule has 0 bridgehead atoms. The topological polar surface area (TPSA) is 58.6 Å². The van der Waals surface area contributed by atoms with E-state index in [1.54, 1.807) is 0 Å². The molecule has 25 heavy (non-hydrogen) atoms. The molecular formula is C16H21F3N2O3S. The summed E-state index contributed by atoms with van der Waals surface area (Å²) in [5.41, 5.74) is -1.22. The van der Waals surface area contributed by atoms with Crippen LogP contribution in [0.4, 0.5) is 13.2 Å². The molecule has 140 valence electrons. The van der Waals surface area contributed by atoms with Gasteiger partial charge >= 0.3 is 6.18 Å². The molecule has 3 rings (SSSR count). The number of benzene rings is 1. The molecule has 0 unspecified atom stereocenters. The monoisotopic (exact) mass is 378 g/mol. The molecule has 5 nitrogen and oxygen atoms in total. The summed E-state index contributed by atoms with van der Waals surface area (Å²) in [5.74, 6) is 0. The molecule has 1 saturated carbocycles. The van der Waals surface area contributed by atoms with Crippen molar-refractivity contribution in [3.63, 3.8) is 0 Å². The zero-order valence-electron chi connectivity index (χ0n) is 13.7. The van der Waals surface area contributed by atoms with Crippen molar-refractivity contribution in [2.75, 3.05) is 32.8 Å². The van der Waals surface area contributed by atoms with Crippen LogP contribution >= 0.6 is 0 Å². The zero-order chi connectivity index (χ0) is 18.1. The molecule has 1 aromatic carbocycles. The summed E-state index contributed by atoms with van der Waals surface area (Å²) >= 11 is 0. The van der Waals surface area contributed by atoms with Gasteiger partial charge in [-0.1, -0.05) is 6.07 Å². The minimum absolute atomic E-state index is 0.200. The lowest BCUT2D eigenvalue weighted by Crippen LogP contribution is -2.62. The minimum Gasteiger partial charge on any atom is -0.379 e. The maximum atomic E-state index is 12.8. The second kappa shape index (κ2) is 6.86. The Labute approximate surface area is 145 Å². The summed E-state index contributed by atoms with van der Waals surface area (Å²) < 4.78 is 71.2. The molecule has 2 aliphatic rings. The van der Waals surface area contributed by atoms with Gasteiger partial charge in [0.15, 0.2) is 0 Å². The molecule has 1 heterocycles. The molecule has 1 aliphatic carbocycles. The number of halogens is 3. The van der Waals surface area contributed by atoms with Crippen molar-refractivity contribution in [2.45, 2.75) is 35.9 Å². The van der Waals surface area contributed by atoms with E-state index in [-0.39, 0.29) is 17.0 Å². The third-order valence-electron chi connectivity index (χ3n) is 5.03. The summed E-state index contributed by atoms with van der Waals surface area (Å²) in [6, 6.07) is 3.82. The van der Waals surface area contributed by atoms with E-state index in [0.717, 1.165) is 44.5 Å². The van der Waals surface area contributed by atoms with Gasteiger partial charge in [-0.15, -0.1) is 0 Å². The highest BCUT2D eigenvalue weighted by atomic mass is 32.2. The van der Waals surface area contributed by atoms with Gasteiger partial charge in [-0.3, -0.25) is 4.90 Å². The Balaban J connectivity index is 1.73. The van der Waals surface area contributed by atoms with Gasteiger partial charge in [0.05, 0.1) is 23.7 Å². The van der Waals surface area contributed by atoms with Crippen LogP contribution in [0.15, 0.2) is 29.2 Å². The predicted molar refractivity (Wildman–Crippen MR) is 85.6 cm³/mol. The summed E-state index contributed by atoms with van der Waals surface area (Å²) in [6.07, 6.45) is -1.81. The summed E-state index contributed by atoms with van der Waals surface area (Å²) in [5, 5.41) is 0. The molecule has 9 heteroatoms. The van der Waals surface area contributed by atoms with E-state index in [4.69, 9.17) is 4.74 Å². The van der Waals surface area contributed by atoms with Crippen molar-refractivity contribution in [1.29, 1.82) is 0 Å². The first-order valence-corrected chi connectivity index (χ1v) is 9.71. The fourth-order valence-corrected chi connectivity index (χ4v) is 4.54. The second-order valence-electron chi connectivity index (χ2n) is 6.53. The van der Waals surface area contributed by atoms with Crippen molar-refractivity contribution in [3.8, 4) is 0 Å². The molecule has 0 atom stereocenters. The SMILES string of the molecule is O=S(=O)(NCC1(N2CCOCC2)CCC1)c1cccc(C(F)(F)F)c1. The van der Waals surface area contributed by atoms with Gasteiger partial charge in [0.1, 0.15) is 0 Å². The number of nitrogens with zero attached hydrogens (tertiary/aromatic N) is 1. The first-order chi connectivity index (χ1) is 11.7. The average molecular weight is 378 g/mol. The summed E-state index contributed by atoms with van der Waals surface area (Å²) in [7, 11) is -4.00. The first-order valence-electron chi connectivity index (χ1n) is 8.23. The largest absolute Gasteiger partial charge is 0.416 e. The van der Waals surface area contributed by atoms with Crippen LogP contribution in [0, 0.1) is 0 Å². The first kappa shape index (κ1) is 18.6. The second-order valence-corrected chi connectivity index (χ2v) is 8.29. The molecule has 2 fully saturated rings. The zero-order valence-corrected chi connectivity index (χ0v) is 14.5. The van der Waals surface area contributed by atoms with Gasteiger partial charge in [-0.2, -0.15) is 13.2 Å². The van der Waals surface area contributed by atoms with Gasteiger partial charge in [0, 0.05) is 25.2 Å². The van der Waals surface area contributed by atoms with Gasteiger partial charge in [0.2, 0.25) is 10.0 Å². The highest BCUT2D eigenvalue weighted by Gasteiger charge is 2.43. The molecule has 1 saturated heterocycles. The Morgan fingerprint density at radius 2 is 1.88 bits per heavy atom. The highest BCUT2D eigenvalue weighted by Crippen LogP contribution is 2.38. The number of rotatable bonds is 5. The van der Waals surface area contributed by atoms with Gasteiger partial charge in [-0.25, -0.2) is 13.1 Å². The van der Waals surface area contributed by atoms with E-state index < -0.39 is 21.8 Å². The molecular weight excluding hydrogens is 357 g/mol. The number of sulfonamides is 1. The van der Waals surface area contributed by atoms with E-state index in [0.29, 0.717) is 19.3 Å². The quantitative estimate of drug-likeness (QED) is 0.854. The van der Waals surface area contributed by atoms with Crippen molar-refractivity contribution in [2.24, 2.45) is 0 Å². The Kier molecular flexibility index (Phi) is 5.11. The van der Waals surface area contributed by atoms with E-state index in [1.807, 2.05) is 0 Å². The van der Waals surface area contributed by atoms with Crippen molar-refractivity contribution in [3.05, 3.63) is 29.8 Å². The van der Waals surface area contributed by atoms with Crippen LogP contribution in [-0.4, -0.2) is 51.7 Å². The van der Waals surface area contributed by atoms with E-state index in [2.05, 4.69) is 9.62 Å². The van der Waals surface area contributed by atoms with Crippen LogP contribution in [0.25, 0.3) is 0 Å². The van der Waals surface area contributed by atoms with Crippen molar-refractivity contribution < 1.29 is 26.3 Å². The van der Waals surface area contributed by atoms with Crippen molar-refractivity contribution >= 4 is 10.0 Å². The average Bonchev–Trinajstić information content (AvgIpc) is 2.54. The van der Waals surface area contributed by atoms with Gasteiger partial charge < -0.3 is 4.74 Å². The van der Waals surface area contributed by atoms with Gasteiger partial charge in [0.25, 0.3) is 0 Å². The summed E-state index contributed by atoms with van der Waals surface area (Å²) in [4.78, 5) is 1.87. The van der Waals surface area contributed by atoms with Crippen LogP contribution in [0.5, 0.6) is 0 Å². The molecule has 0 spiro atoms. The predicted octanol–water partition coefficient (Wildman–Crippen LogP) is 2.24. The number of morpholine rings is 1. The summed E-state index contributed by atoms with van der Waals surface area (Å²) in [6.45, 7) is 2.91. The Hall–Kier alpha value is -1.16. The molecule has 0 amide bonds. The molecule has 0 aromatic heterocycles. The van der Waals surface area contributed by atoms with E-state index in [9.17, 15) is 21.6 Å². The molecule has 1 aliphatic heterocycles. The van der Waals surface area contributed by atoms with Gasteiger partial charge in [-0.05, 0) is 37.5 Å². The van der Waals surface area contributed by atoms with Crippen LogP contribution in [-0.2, 0) is 20.9 Å². The maximum Gasteiger partial charge on any atom is 0.416 e. The van der Waals surface area contributed by atoms with Crippen LogP contribution in [0.1, 0.15) is 24.8 Å². The number of hydrogen-bond acceptors (Lipinski definition) is 4. The fourth-order valence-electron chi connectivity index (χ4n) is 3.38. The number of nitrogens with one attached hydrogen (secondary N) is 1. The fraction of sp³-hybridized carbons (Fsp3) is 0.625. The van der Waals surface area contributed by atoms with E-state index >= 15 is 0 Å². The van der Waals surface area contributed by atoms with E-state index in [1.165, 1.54) is 6.07 Å². The number of hydrogen-bond donors (Lipinski definition) is 1. The highest BCUT2D eigenvalue weighted by molar-refractivity contribution is 7.89. The standard InChI is InChI=1S/C16H21F3N2O3S/c17-16(18,19)13-3-1-4-14(11-13)25(22,23)20-12-15(5-2-6-15)21-7-9-24-10-8-21/h1,3-4,11,20H,2,5-10,12H2. The lowest BCUT2D eigenvalue weighted by atomic mass is 9.75. The number of ether oxygens (including phenoxy) is 1. The smallest absolute Gasteiger partial charge is 0.379 e. The molecule has 1 aromatic rings. The maximum absolute atomic E-state index is 12.8. The number of alkyl halides is 3. The Bertz CT molecular complexity index is 712. The lowest BCUT2D eigenvalue weighted by molar-refractivity contribution is -0.137. The Morgan fingerprint density at radius 1 is 1.20 bits per heavy atom. The lowest BCUT2D eigenvalue weighted by Gasteiger charge is -2.51.